The molecule has 1 atom stereocenters. The van der Waals surface area contributed by atoms with Crippen molar-refractivity contribution in [1.82, 2.24) is 15.4 Å². The highest BCUT2D eigenvalue weighted by atomic mass is 16.5. The molecule has 0 saturated carbocycles. The lowest BCUT2D eigenvalue weighted by Crippen LogP contribution is -2.30. The molecule has 0 fully saturated rings. The first-order valence-corrected chi connectivity index (χ1v) is 10.3. The first kappa shape index (κ1) is 24.9. The van der Waals surface area contributed by atoms with Crippen LogP contribution in [0.2, 0.25) is 0 Å². The van der Waals surface area contributed by atoms with Gasteiger partial charge in [-0.3, -0.25) is 20.6 Å². The number of aromatic nitrogens is 2. The maximum atomic E-state index is 12.7. The van der Waals surface area contributed by atoms with Crippen LogP contribution in [0.4, 0.5) is 5.82 Å². The summed E-state index contributed by atoms with van der Waals surface area (Å²) in [6.07, 6.45) is 2.90. The highest BCUT2D eigenvalue weighted by Gasteiger charge is 2.20. The Kier molecular flexibility index (Phi) is 8.13. The Bertz CT molecular complexity index is 1220. The second-order valence-corrected chi connectivity index (χ2v) is 7.00. The molecule has 3 aromatic rings. The predicted octanol–water partition coefficient (Wildman–Crippen LogP) is 2.93. The van der Waals surface area contributed by atoms with E-state index in [9.17, 15) is 10.1 Å². The number of carbonyl (C=O) groups is 1. The lowest BCUT2D eigenvalue weighted by atomic mass is 9.97. The Labute approximate surface area is 202 Å². The van der Waals surface area contributed by atoms with Gasteiger partial charge in [-0.2, -0.15) is 5.26 Å². The number of nitriles is 1. The second-order valence-electron chi connectivity index (χ2n) is 7.00. The average Bonchev–Trinajstić information content (AvgIpc) is 2.91. The standard InChI is InChI=1S/C24H25N5O6/c1-31-18-7-6-14(8-19(18)32-2)16(11-25)17-12-26-13-22(27-17)28-29-24(30)15-9-20(33-3)23(35-5)21(10-15)34-4/h6-10,12-13,16H,1-5H3,(H,27,28)(H,29,30)/t16-/m0/s1. The summed E-state index contributed by atoms with van der Waals surface area (Å²) in [5.74, 6) is 1.12. The van der Waals surface area contributed by atoms with E-state index in [0.717, 1.165) is 0 Å². The number of hydrogen-bond acceptors (Lipinski definition) is 10. The normalized spacial score (nSPS) is 11.0. The molecule has 0 radical (unpaired) electrons. The summed E-state index contributed by atoms with van der Waals surface area (Å²) in [6.45, 7) is 0. The fraction of sp³-hybridized carbons (Fsp3) is 0.250. The Hall–Kier alpha value is -4.72. The van der Waals surface area contributed by atoms with Gasteiger partial charge >= 0.3 is 0 Å². The van der Waals surface area contributed by atoms with E-state index in [0.29, 0.717) is 40.0 Å². The van der Waals surface area contributed by atoms with Crippen molar-refractivity contribution in [3.8, 4) is 34.8 Å². The van der Waals surface area contributed by atoms with Crippen molar-refractivity contribution < 1.29 is 28.5 Å². The van der Waals surface area contributed by atoms with Crippen LogP contribution in [0.15, 0.2) is 42.7 Å². The number of benzene rings is 2. The minimum Gasteiger partial charge on any atom is -0.493 e. The van der Waals surface area contributed by atoms with Crippen molar-refractivity contribution >= 4 is 11.7 Å². The summed E-state index contributed by atoms with van der Waals surface area (Å²) in [5.41, 5.74) is 6.56. The monoisotopic (exact) mass is 479 g/mol. The third-order valence-corrected chi connectivity index (χ3v) is 5.05. The van der Waals surface area contributed by atoms with E-state index in [1.165, 1.54) is 60.1 Å². The molecule has 1 amide bonds. The quantitative estimate of drug-likeness (QED) is 0.418. The number of hydrogen-bond donors (Lipinski definition) is 2. The van der Waals surface area contributed by atoms with Crippen LogP contribution in [-0.2, 0) is 0 Å². The number of ether oxygens (including phenoxy) is 5. The molecule has 0 aliphatic rings. The Morgan fingerprint density at radius 1 is 0.886 bits per heavy atom. The largest absolute Gasteiger partial charge is 0.493 e. The Morgan fingerprint density at radius 3 is 2.11 bits per heavy atom. The van der Waals surface area contributed by atoms with E-state index in [1.807, 2.05) is 0 Å². The number of carbonyl (C=O) groups excluding carboxylic acids is 1. The first-order valence-electron chi connectivity index (χ1n) is 10.3. The van der Waals surface area contributed by atoms with Gasteiger partial charge in [0.15, 0.2) is 28.8 Å². The molecule has 11 nitrogen and oxygen atoms in total. The summed E-state index contributed by atoms with van der Waals surface area (Å²) in [5, 5.41) is 9.81. The zero-order valence-electron chi connectivity index (χ0n) is 19.9. The fourth-order valence-electron chi connectivity index (χ4n) is 3.33. The topological polar surface area (TPSA) is 137 Å². The molecule has 0 bridgehead atoms. The number of amides is 1. The summed E-state index contributed by atoms with van der Waals surface area (Å²) in [6, 6.07) is 10.4. The van der Waals surface area contributed by atoms with Crippen molar-refractivity contribution in [2.75, 3.05) is 41.0 Å². The van der Waals surface area contributed by atoms with Crippen LogP contribution in [0.1, 0.15) is 27.5 Å². The second kappa shape index (κ2) is 11.4. The summed E-state index contributed by atoms with van der Waals surface area (Å²) >= 11 is 0. The molecule has 0 aliphatic carbocycles. The van der Waals surface area contributed by atoms with Crippen LogP contribution < -0.4 is 34.5 Å². The van der Waals surface area contributed by atoms with Crippen molar-refractivity contribution in [2.45, 2.75) is 5.92 Å². The lowest BCUT2D eigenvalue weighted by Gasteiger charge is -2.15. The van der Waals surface area contributed by atoms with Gasteiger partial charge in [-0.25, -0.2) is 4.98 Å². The molecule has 11 heteroatoms. The zero-order valence-corrected chi connectivity index (χ0v) is 19.9. The lowest BCUT2D eigenvalue weighted by molar-refractivity contribution is 0.0961. The van der Waals surface area contributed by atoms with Gasteiger partial charge < -0.3 is 23.7 Å². The van der Waals surface area contributed by atoms with E-state index in [-0.39, 0.29) is 11.4 Å². The fourth-order valence-corrected chi connectivity index (χ4v) is 3.33. The van der Waals surface area contributed by atoms with Gasteiger partial charge in [0.2, 0.25) is 5.75 Å². The number of nitrogens with zero attached hydrogens (tertiary/aromatic N) is 3. The molecule has 2 aromatic carbocycles. The molecule has 0 unspecified atom stereocenters. The number of rotatable bonds is 10. The smallest absolute Gasteiger partial charge is 0.269 e. The third kappa shape index (κ3) is 5.44. The molecule has 0 saturated heterocycles. The van der Waals surface area contributed by atoms with Gasteiger partial charge in [0, 0.05) is 5.56 Å². The predicted molar refractivity (Wildman–Crippen MR) is 126 cm³/mol. The van der Waals surface area contributed by atoms with Crippen LogP contribution in [0.3, 0.4) is 0 Å². The number of anilines is 1. The molecule has 3 rings (SSSR count). The van der Waals surface area contributed by atoms with E-state index in [4.69, 9.17) is 23.7 Å². The molecule has 182 valence electrons. The number of nitrogens with one attached hydrogen (secondary N) is 2. The van der Waals surface area contributed by atoms with Crippen LogP contribution in [0, 0.1) is 11.3 Å². The minimum absolute atomic E-state index is 0.240. The van der Waals surface area contributed by atoms with Crippen molar-refractivity contribution in [3.63, 3.8) is 0 Å². The Balaban J connectivity index is 1.80. The molecular formula is C24H25N5O6. The zero-order chi connectivity index (χ0) is 25.4. The maximum Gasteiger partial charge on any atom is 0.269 e. The number of hydrazine groups is 1. The van der Waals surface area contributed by atoms with Crippen molar-refractivity contribution in [3.05, 3.63) is 59.5 Å². The minimum atomic E-state index is -0.727. The van der Waals surface area contributed by atoms with Gasteiger partial charge in [0.25, 0.3) is 5.91 Å². The van der Waals surface area contributed by atoms with Gasteiger partial charge in [-0.15, -0.1) is 0 Å². The van der Waals surface area contributed by atoms with Gasteiger partial charge in [0.1, 0.15) is 5.92 Å². The summed E-state index contributed by atoms with van der Waals surface area (Å²) < 4.78 is 26.4. The van der Waals surface area contributed by atoms with Crippen LogP contribution >= 0.6 is 0 Å². The molecule has 1 aromatic heterocycles. The molecule has 0 aliphatic heterocycles. The molecular weight excluding hydrogens is 454 g/mol. The third-order valence-electron chi connectivity index (χ3n) is 5.05. The summed E-state index contributed by atoms with van der Waals surface area (Å²) in [4.78, 5) is 21.3. The molecule has 0 spiro atoms. The summed E-state index contributed by atoms with van der Waals surface area (Å²) in [7, 11) is 7.45. The van der Waals surface area contributed by atoms with Gasteiger partial charge in [-0.1, -0.05) is 6.07 Å². The van der Waals surface area contributed by atoms with E-state index < -0.39 is 11.8 Å². The highest BCUT2D eigenvalue weighted by Crippen LogP contribution is 2.38. The van der Waals surface area contributed by atoms with Crippen LogP contribution in [-0.4, -0.2) is 51.4 Å². The van der Waals surface area contributed by atoms with E-state index in [2.05, 4.69) is 26.9 Å². The van der Waals surface area contributed by atoms with Crippen molar-refractivity contribution in [1.29, 1.82) is 5.26 Å². The SMILES string of the molecule is COc1ccc([C@H](C#N)c2cncc(NNC(=O)c3cc(OC)c(OC)c(OC)c3)n2)cc1OC. The molecule has 2 N–H and O–H groups in total. The number of methoxy groups -OCH3 is 5. The average molecular weight is 479 g/mol. The van der Waals surface area contributed by atoms with Crippen molar-refractivity contribution in [2.24, 2.45) is 0 Å². The van der Waals surface area contributed by atoms with Crippen LogP contribution in [0.25, 0.3) is 0 Å². The molecule has 1 heterocycles. The van der Waals surface area contributed by atoms with Gasteiger partial charge in [-0.05, 0) is 29.8 Å². The maximum absolute atomic E-state index is 12.7. The van der Waals surface area contributed by atoms with E-state index in [1.54, 1.807) is 18.2 Å². The highest BCUT2D eigenvalue weighted by molar-refractivity contribution is 5.96. The van der Waals surface area contributed by atoms with Gasteiger partial charge in [0.05, 0.1) is 59.7 Å². The first-order chi connectivity index (χ1) is 17.0. The Morgan fingerprint density at radius 2 is 1.54 bits per heavy atom. The molecule has 35 heavy (non-hydrogen) atoms. The van der Waals surface area contributed by atoms with E-state index >= 15 is 0 Å². The van der Waals surface area contributed by atoms with Crippen LogP contribution in [0.5, 0.6) is 28.7 Å².